The zero-order valence-corrected chi connectivity index (χ0v) is 12.3. The third-order valence-corrected chi connectivity index (χ3v) is 4.61. The molecular formula is C14H20N4O3. The number of urea groups is 1. The molecule has 0 radical (unpaired) electrons. The van der Waals surface area contributed by atoms with Crippen molar-refractivity contribution in [3.05, 3.63) is 18.0 Å². The Balaban J connectivity index is 1.71. The fourth-order valence-electron chi connectivity index (χ4n) is 3.29. The molecule has 3 heterocycles. The van der Waals surface area contributed by atoms with Crippen LogP contribution in [-0.4, -0.2) is 52.6 Å². The normalized spacial score (nSPS) is 30.8. The minimum absolute atomic E-state index is 0.107. The summed E-state index contributed by atoms with van der Waals surface area (Å²) in [7, 11) is 1.53. The predicted molar refractivity (Wildman–Crippen MR) is 74.2 cm³/mol. The number of carbonyl (C=O) groups is 2. The summed E-state index contributed by atoms with van der Waals surface area (Å²) in [6.07, 6.45) is 3.57. The van der Waals surface area contributed by atoms with E-state index in [0.717, 1.165) is 31.7 Å². The van der Waals surface area contributed by atoms with Crippen molar-refractivity contribution in [2.75, 3.05) is 20.1 Å². The molecule has 2 aliphatic rings. The first-order valence-corrected chi connectivity index (χ1v) is 7.23. The molecule has 114 valence electrons. The lowest BCUT2D eigenvalue weighted by Crippen LogP contribution is -2.55. The topological polar surface area (TPSA) is 78.7 Å². The van der Waals surface area contributed by atoms with Gasteiger partial charge in [0, 0.05) is 25.6 Å². The number of rotatable bonds is 3. The molecule has 0 spiro atoms. The fraction of sp³-hybridized carbons (Fsp3) is 0.643. The first-order chi connectivity index (χ1) is 10.0. The Morgan fingerprint density at radius 2 is 2.33 bits per heavy atom. The van der Waals surface area contributed by atoms with Crippen LogP contribution in [0.3, 0.4) is 0 Å². The van der Waals surface area contributed by atoms with Crippen molar-refractivity contribution in [2.45, 2.75) is 31.8 Å². The maximum atomic E-state index is 12.4. The third-order valence-electron chi connectivity index (χ3n) is 4.61. The number of piperidine rings is 1. The molecule has 1 N–H and O–H groups in total. The van der Waals surface area contributed by atoms with Gasteiger partial charge in [-0.3, -0.25) is 14.6 Å². The summed E-state index contributed by atoms with van der Waals surface area (Å²) >= 11 is 0. The van der Waals surface area contributed by atoms with Gasteiger partial charge < -0.3 is 9.84 Å². The highest BCUT2D eigenvalue weighted by atomic mass is 16.5. The summed E-state index contributed by atoms with van der Waals surface area (Å²) in [4.78, 5) is 27.5. The summed E-state index contributed by atoms with van der Waals surface area (Å²) in [5.74, 6) is 0.786. The summed E-state index contributed by atoms with van der Waals surface area (Å²) in [6, 6.07) is 1.54. The number of nitrogens with zero attached hydrogens (tertiary/aromatic N) is 3. The van der Waals surface area contributed by atoms with E-state index in [9.17, 15) is 9.59 Å². The molecule has 0 saturated carbocycles. The van der Waals surface area contributed by atoms with Crippen molar-refractivity contribution < 1.29 is 14.1 Å². The summed E-state index contributed by atoms with van der Waals surface area (Å²) in [5.41, 5.74) is -0.800. The molecule has 2 aliphatic heterocycles. The summed E-state index contributed by atoms with van der Waals surface area (Å²) < 4.78 is 5.14. The number of nitrogens with one attached hydrogen (secondary N) is 1. The van der Waals surface area contributed by atoms with E-state index in [2.05, 4.69) is 15.4 Å². The largest absolute Gasteiger partial charge is 0.360 e. The summed E-state index contributed by atoms with van der Waals surface area (Å²) in [6.45, 7) is 4.24. The number of hydrogen-bond donors (Lipinski definition) is 1. The average Bonchev–Trinajstić information content (AvgIpc) is 3.04. The highest BCUT2D eigenvalue weighted by molar-refractivity contribution is 6.06. The Bertz CT molecular complexity index is 544. The molecule has 0 bridgehead atoms. The van der Waals surface area contributed by atoms with Gasteiger partial charge in [-0.1, -0.05) is 5.16 Å². The van der Waals surface area contributed by atoms with Gasteiger partial charge in [-0.25, -0.2) is 4.79 Å². The van der Waals surface area contributed by atoms with Crippen LogP contribution in [0.25, 0.3) is 0 Å². The van der Waals surface area contributed by atoms with Crippen molar-refractivity contribution in [1.82, 2.24) is 20.3 Å². The fourth-order valence-corrected chi connectivity index (χ4v) is 3.29. The maximum absolute atomic E-state index is 12.4. The number of likely N-dealkylation sites (N-methyl/N-ethyl adjacent to an activating group) is 1. The molecule has 0 unspecified atom stereocenters. The number of likely N-dealkylation sites (tertiary alicyclic amines) is 1. The second-order valence-corrected chi connectivity index (χ2v) is 6.05. The minimum atomic E-state index is -0.800. The smallest absolute Gasteiger partial charge is 0.324 e. The van der Waals surface area contributed by atoms with Crippen LogP contribution in [0.15, 0.2) is 16.8 Å². The maximum Gasteiger partial charge on any atom is 0.324 e. The highest BCUT2D eigenvalue weighted by Gasteiger charge is 2.51. The van der Waals surface area contributed by atoms with Crippen molar-refractivity contribution in [1.29, 1.82) is 0 Å². The Morgan fingerprint density at radius 3 is 2.95 bits per heavy atom. The van der Waals surface area contributed by atoms with Gasteiger partial charge in [0.25, 0.3) is 5.91 Å². The molecule has 2 atom stereocenters. The van der Waals surface area contributed by atoms with Crippen LogP contribution < -0.4 is 5.32 Å². The van der Waals surface area contributed by atoms with Crippen LogP contribution in [0.5, 0.6) is 0 Å². The van der Waals surface area contributed by atoms with E-state index in [1.54, 1.807) is 6.20 Å². The Labute approximate surface area is 123 Å². The lowest BCUT2D eigenvalue weighted by molar-refractivity contribution is -0.132. The molecule has 1 aromatic rings. The molecule has 1 aromatic heterocycles. The van der Waals surface area contributed by atoms with E-state index >= 15 is 0 Å². The zero-order chi connectivity index (χ0) is 15.0. The van der Waals surface area contributed by atoms with E-state index in [-0.39, 0.29) is 17.9 Å². The van der Waals surface area contributed by atoms with Gasteiger partial charge in [-0.15, -0.1) is 0 Å². The molecule has 0 aromatic carbocycles. The zero-order valence-electron chi connectivity index (χ0n) is 12.3. The Morgan fingerprint density at radius 1 is 1.52 bits per heavy atom. The molecule has 21 heavy (non-hydrogen) atoms. The SMILES string of the molecule is CN1C(=O)N[C@@](C)([C@H]2CCCN(Cc3ccno3)C2)C1=O. The van der Waals surface area contributed by atoms with Crippen molar-refractivity contribution in [3.63, 3.8) is 0 Å². The molecule has 0 aliphatic carbocycles. The van der Waals surface area contributed by atoms with Gasteiger partial charge in [0.1, 0.15) is 5.54 Å². The van der Waals surface area contributed by atoms with Crippen molar-refractivity contribution in [3.8, 4) is 0 Å². The van der Waals surface area contributed by atoms with Crippen LogP contribution in [0.1, 0.15) is 25.5 Å². The lowest BCUT2D eigenvalue weighted by atomic mass is 9.80. The first kappa shape index (κ1) is 14.1. The number of aromatic nitrogens is 1. The molecule has 7 nitrogen and oxygen atoms in total. The van der Waals surface area contributed by atoms with Crippen LogP contribution >= 0.6 is 0 Å². The molecule has 2 fully saturated rings. The van der Waals surface area contributed by atoms with E-state index in [1.807, 2.05) is 13.0 Å². The second kappa shape index (κ2) is 5.14. The van der Waals surface area contributed by atoms with E-state index in [1.165, 1.54) is 11.9 Å². The molecule has 7 heteroatoms. The molecular weight excluding hydrogens is 272 g/mol. The number of imide groups is 1. The van der Waals surface area contributed by atoms with Gasteiger partial charge in [0.05, 0.1) is 12.7 Å². The monoisotopic (exact) mass is 292 g/mol. The highest BCUT2D eigenvalue weighted by Crippen LogP contribution is 2.32. The van der Waals surface area contributed by atoms with Gasteiger partial charge >= 0.3 is 6.03 Å². The van der Waals surface area contributed by atoms with Crippen molar-refractivity contribution in [2.24, 2.45) is 5.92 Å². The standard InChI is InChI=1S/C14H20N4O3/c1-14(12(19)17(2)13(20)16-14)10-4-3-7-18(8-10)9-11-5-6-15-21-11/h5-6,10H,3-4,7-9H2,1-2H3,(H,16,20)/t10-,14-/m0/s1. The quantitative estimate of drug-likeness (QED) is 0.835. The van der Waals surface area contributed by atoms with Crippen LogP contribution in [0.2, 0.25) is 0 Å². The number of amides is 3. The van der Waals surface area contributed by atoms with Gasteiger partial charge in [0.15, 0.2) is 5.76 Å². The Hall–Kier alpha value is -1.89. The lowest BCUT2D eigenvalue weighted by Gasteiger charge is -2.39. The Kier molecular flexibility index (Phi) is 3.44. The van der Waals surface area contributed by atoms with Crippen LogP contribution in [0.4, 0.5) is 4.79 Å². The minimum Gasteiger partial charge on any atom is -0.360 e. The summed E-state index contributed by atoms with van der Waals surface area (Å²) in [5, 5.41) is 6.56. The average molecular weight is 292 g/mol. The first-order valence-electron chi connectivity index (χ1n) is 7.23. The van der Waals surface area contributed by atoms with E-state index < -0.39 is 5.54 Å². The van der Waals surface area contributed by atoms with Crippen LogP contribution in [0, 0.1) is 5.92 Å². The van der Waals surface area contributed by atoms with Gasteiger partial charge in [-0.05, 0) is 26.3 Å². The molecule has 3 amide bonds. The molecule has 2 saturated heterocycles. The second-order valence-electron chi connectivity index (χ2n) is 6.05. The van der Waals surface area contributed by atoms with E-state index in [0.29, 0.717) is 6.54 Å². The van der Waals surface area contributed by atoms with E-state index in [4.69, 9.17) is 4.52 Å². The van der Waals surface area contributed by atoms with Crippen molar-refractivity contribution >= 4 is 11.9 Å². The molecule has 3 rings (SSSR count). The predicted octanol–water partition coefficient (Wildman–Crippen LogP) is 0.827. The third kappa shape index (κ3) is 2.42. The number of hydrogen-bond acceptors (Lipinski definition) is 5. The van der Waals surface area contributed by atoms with Gasteiger partial charge in [-0.2, -0.15) is 0 Å². The number of carbonyl (C=O) groups excluding carboxylic acids is 2. The van der Waals surface area contributed by atoms with Crippen LogP contribution in [-0.2, 0) is 11.3 Å². The van der Waals surface area contributed by atoms with Gasteiger partial charge in [0.2, 0.25) is 0 Å².